The first-order chi connectivity index (χ1) is 5.25. The quantitative estimate of drug-likeness (QED) is 0.695. The Hall–Kier alpha value is -0.670. The highest BCUT2D eigenvalue weighted by molar-refractivity contribution is 7.12. The van der Waals surface area contributed by atoms with Crippen molar-refractivity contribution in [3.05, 3.63) is 22.4 Å². The molecule has 1 atom stereocenters. The summed E-state index contributed by atoms with van der Waals surface area (Å²) in [6, 6.07) is 3.66. The molecule has 1 aromatic heterocycles. The molecule has 1 unspecified atom stereocenters. The van der Waals surface area contributed by atoms with Gasteiger partial charge in [-0.2, -0.15) is 0 Å². The fourth-order valence-corrected chi connectivity index (χ4v) is 1.52. The summed E-state index contributed by atoms with van der Waals surface area (Å²) in [5.41, 5.74) is 0. The number of likely N-dealkylation sites (N-methyl/N-ethyl adjacent to an activating group) is 1. The van der Waals surface area contributed by atoms with Gasteiger partial charge in [0, 0.05) is 0 Å². The lowest BCUT2D eigenvalue weighted by atomic mass is 10.2. The number of hydrogen-bond acceptors (Lipinski definition) is 3. The van der Waals surface area contributed by atoms with E-state index in [1.54, 1.807) is 7.05 Å². The topological polar surface area (TPSA) is 29.1 Å². The van der Waals surface area contributed by atoms with Crippen LogP contribution in [0, 0.1) is 0 Å². The zero-order valence-electron chi connectivity index (χ0n) is 6.63. The molecule has 11 heavy (non-hydrogen) atoms. The largest absolute Gasteiger partial charge is 0.310 e. The molecule has 0 saturated carbocycles. The number of ketones is 1. The van der Waals surface area contributed by atoms with E-state index in [-0.39, 0.29) is 11.8 Å². The summed E-state index contributed by atoms with van der Waals surface area (Å²) < 4.78 is 0. The maximum absolute atomic E-state index is 11.4. The van der Waals surface area contributed by atoms with Crippen molar-refractivity contribution in [1.29, 1.82) is 0 Å². The van der Waals surface area contributed by atoms with Gasteiger partial charge in [-0.25, -0.2) is 0 Å². The Morgan fingerprint density at radius 1 is 1.73 bits per heavy atom. The zero-order chi connectivity index (χ0) is 8.27. The third-order valence-corrected chi connectivity index (χ3v) is 2.47. The van der Waals surface area contributed by atoms with Crippen LogP contribution in [-0.2, 0) is 0 Å². The number of Topliss-reactive ketones (excluding diaryl/α,β-unsaturated/α-hetero) is 1. The van der Waals surface area contributed by atoms with Crippen molar-refractivity contribution < 1.29 is 4.79 Å². The van der Waals surface area contributed by atoms with Gasteiger partial charge in [0.25, 0.3) is 0 Å². The molecular weight excluding hydrogens is 158 g/mol. The number of thiophene rings is 1. The van der Waals surface area contributed by atoms with Gasteiger partial charge in [0.05, 0.1) is 10.9 Å². The monoisotopic (exact) mass is 169 g/mol. The van der Waals surface area contributed by atoms with Crippen molar-refractivity contribution in [3.63, 3.8) is 0 Å². The number of hydrogen-bond donors (Lipinski definition) is 1. The van der Waals surface area contributed by atoms with Crippen LogP contribution in [0.1, 0.15) is 16.6 Å². The Balaban J connectivity index is 2.70. The van der Waals surface area contributed by atoms with Gasteiger partial charge in [-0.1, -0.05) is 6.07 Å². The zero-order valence-corrected chi connectivity index (χ0v) is 7.44. The molecule has 60 valence electrons. The van der Waals surface area contributed by atoms with Gasteiger partial charge in [-0.3, -0.25) is 4.79 Å². The van der Waals surface area contributed by atoms with Gasteiger partial charge in [0.15, 0.2) is 5.78 Å². The van der Waals surface area contributed by atoms with Gasteiger partial charge in [0.2, 0.25) is 0 Å². The average Bonchev–Trinajstić information content (AvgIpc) is 2.53. The van der Waals surface area contributed by atoms with E-state index in [2.05, 4.69) is 5.32 Å². The molecule has 1 rings (SSSR count). The fraction of sp³-hybridized carbons (Fsp3) is 0.375. The Kier molecular flexibility index (Phi) is 2.79. The Morgan fingerprint density at radius 3 is 2.91 bits per heavy atom. The van der Waals surface area contributed by atoms with Crippen molar-refractivity contribution in [2.75, 3.05) is 7.05 Å². The first-order valence-electron chi connectivity index (χ1n) is 3.50. The molecule has 0 aliphatic carbocycles. The van der Waals surface area contributed by atoms with E-state index in [1.165, 1.54) is 11.3 Å². The van der Waals surface area contributed by atoms with E-state index in [4.69, 9.17) is 0 Å². The second kappa shape index (κ2) is 3.64. The summed E-state index contributed by atoms with van der Waals surface area (Å²) in [4.78, 5) is 12.2. The van der Waals surface area contributed by atoms with Crippen molar-refractivity contribution in [2.45, 2.75) is 13.0 Å². The summed E-state index contributed by atoms with van der Waals surface area (Å²) in [6.45, 7) is 1.86. The average molecular weight is 169 g/mol. The molecule has 0 radical (unpaired) electrons. The van der Waals surface area contributed by atoms with E-state index in [9.17, 15) is 4.79 Å². The highest BCUT2D eigenvalue weighted by atomic mass is 32.1. The molecule has 0 amide bonds. The van der Waals surface area contributed by atoms with E-state index in [0.29, 0.717) is 0 Å². The Bertz CT molecular complexity index is 230. The van der Waals surface area contributed by atoms with Crippen LogP contribution >= 0.6 is 11.3 Å². The van der Waals surface area contributed by atoms with Gasteiger partial charge in [-0.15, -0.1) is 11.3 Å². The number of carbonyl (C=O) groups is 1. The molecule has 3 heteroatoms. The molecule has 0 aromatic carbocycles. The summed E-state index contributed by atoms with van der Waals surface area (Å²) >= 11 is 1.49. The molecule has 0 spiro atoms. The molecule has 1 N–H and O–H groups in total. The molecule has 1 aromatic rings. The van der Waals surface area contributed by atoms with Crippen LogP contribution in [0.3, 0.4) is 0 Å². The van der Waals surface area contributed by atoms with Crippen LogP contribution in [0.4, 0.5) is 0 Å². The lowest BCUT2D eigenvalue weighted by Gasteiger charge is -2.05. The number of nitrogens with one attached hydrogen (secondary N) is 1. The SMILES string of the molecule is CNC(C)C(=O)c1cccs1. The number of carbonyl (C=O) groups excluding carboxylic acids is 1. The second-order valence-electron chi connectivity index (χ2n) is 2.35. The molecule has 0 aliphatic heterocycles. The minimum atomic E-state index is -0.0753. The van der Waals surface area contributed by atoms with E-state index in [1.807, 2.05) is 24.4 Å². The maximum atomic E-state index is 11.4. The van der Waals surface area contributed by atoms with Crippen LogP contribution in [-0.4, -0.2) is 18.9 Å². The molecule has 2 nitrogen and oxygen atoms in total. The van der Waals surface area contributed by atoms with E-state index >= 15 is 0 Å². The third kappa shape index (κ3) is 1.88. The molecule has 0 aliphatic rings. The Morgan fingerprint density at radius 2 is 2.45 bits per heavy atom. The van der Waals surface area contributed by atoms with Crippen LogP contribution < -0.4 is 5.32 Å². The van der Waals surface area contributed by atoms with Gasteiger partial charge >= 0.3 is 0 Å². The maximum Gasteiger partial charge on any atom is 0.189 e. The summed E-state index contributed by atoms with van der Waals surface area (Å²) in [5.74, 6) is 0.169. The standard InChI is InChI=1S/C8H11NOS/c1-6(9-2)8(10)7-4-3-5-11-7/h3-6,9H,1-2H3. The summed E-state index contributed by atoms with van der Waals surface area (Å²) in [7, 11) is 1.79. The van der Waals surface area contributed by atoms with E-state index < -0.39 is 0 Å². The molecular formula is C8H11NOS. The Labute approximate surface area is 70.2 Å². The minimum Gasteiger partial charge on any atom is -0.310 e. The lowest BCUT2D eigenvalue weighted by Crippen LogP contribution is -2.30. The minimum absolute atomic E-state index is 0.0753. The smallest absolute Gasteiger partial charge is 0.189 e. The van der Waals surface area contributed by atoms with Gasteiger partial charge in [-0.05, 0) is 25.4 Å². The first kappa shape index (κ1) is 8.43. The lowest BCUT2D eigenvalue weighted by molar-refractivity contribution is 0.0959. The van der Waals surface area contributed by atoms with Gasteiger partial charge in [0.1, 0.15) is 0 Å². The highest BCUT2D eigenvalue weighted by Gasteiger charge is 2.12. The molecule has 0 bridgehead atoms. The predicted octanol–water partition coefficient (Wildman–Crippen LogP) is 1.54. The highest BCUT2D eigenvalue weighted by Crippen LogP contribution is 2.10. The van der Waals surface area contributed by atoms with Crippen molar-refractivity contribution in [1.82, 2.24) is 5.32 Å². The third-order valence-electron chi connectivity index (χ3n) is 1.59. The van der Waals surface area contributed by atoms with Crippen LogP contribution in [0.5, 0.6) is 0 Å². The number of rotatable bonds is 3. The van der Waals surface area contributed by atoms with E-state index in [0.717, 1.165) is 4.88 Å². The first-order valence-corrected chi connectivity index (χ1v) is 4.38. The van der Waals surface area contributed by atoms with Crippen molar-refractivity contribution in [2.24, 2.45) is 0 Å². The van der Waals surface area contributed by atoms with Crippen LogP contribution in [0.25, 0.3) is 0 Å². The normalized spacial score (nSPS) is 12.9. The van der Waals surface area contributed by atoms with Gasteiger partial charge < -0.3 is 5.32 Å². The summed E-state index contributed by atoms with van der Waals surface area (Å²) in [5, 5.41) is 4.82. The summed E-state index contributed by atoms with van der Waals surface area (Å²) in [6.07, 6.45) is 0. The van der Waals surface area contributed by atoms with Crippen LogP contribution in [0.2, 0.25) is 0 Å². The second-order valence-corrected chi connectivity index (χ2v) is 3.30. The van der Waals surface area contributed by atoms with Crippen molar-refractivity contribution >= 4 is 17.1 Å². The fourth-order valence-electron chi connectivity index (χ4n) is 0.763. The van der Waals surface area contributed by atoms with Crippen LogP contribution in [0.15, 0.2) is 17.5 Å². The molecule has 0 saturated heterocycles. The molecule has 1 heterocycles. The van der Waals surface area contributed by atoms with Crippen molar-refractivity contribution in [3.8, 4) is 0 Å². The molecule has 0 fully saturated rings. The predicted molar refractivity (Wildman–Crippen MR) is 47.2 cm³/mol.